The molecule has 0 bridgehead atoms. The molecule has 3 heteroatoms. The van der Waals surface area contributed by atoms with E-state index < -0.39 is 0 Å². The molecule has 0 aliphatic carbocycles. The van der Waals surface area contributed by atoms with Crippen molar-refractivity contribution in [2.24, 2.45) is 0 Å². The van der Waals surface area contributed by atoms with Crippen LogP contribution >= 0.6 is 0 Å². The first kappa shape index (κ1) is 10.8. The maximum absolute atomic E-state index is 10.2. The molecule has 0 aromatic carbocycles. The van der Waals surface area contributed by atoms with E-state index in [0.717, 1.165) is 0 Å². The van der Waals surface area contributed by atoms with Crippen LogP contribution in [0.15, 0.2) is 0 Å². The molecular weight excluding hydrogens is 147 g/mol. The van der Waals surface area contributed by atoms with Gasteiger partial charge < -0.3 is 0 Å². The van der Waals surface area contributed by atoms with E-state index in [0.29, 0.717) is 6.42 Å². The van der Waals surface area contributed by atoms with Crippen LogP contribution in [0.25, 0.3) is 0 Å². The standard InChI is InChI=1S/C5H8O2.Mn/c1-3-5(7)4(2)6;/h3H2,1-2H3;/q;+2. The molecule has 0 aliphatic rings. The summed E-state index contributed by atoms with van der Waals surface area (Å²) in [5, 5.41) is 0. The van der Waals surface area contributed by atoms with Crippen LogP contribution in [0.3, 0.4) is 0 Å². The Hall–Kier alpha value is -0.141. The molecule has 0 fully saturated rings. The molecular formula is C5H8MnO2+2. The molecule has 0 atom stereocenters. The van der Waals surface area contributed by atoms with Crippen LogP contribution in [-0.4, -0.2) is 11.6 Å². The Bertz CT molecular complexity index is 98.6. The van der Waals surface area contributed by atoms with Crippen LogP contribution in [0.5, 0.6) is 0 Å². The van der Waals surface area contributed by atoms with Gasteiger partial charge in [-0.15, -0.1) is 0 Å². The molecule has 2 nitrogen and oxygen atoms in total. The third kappa shape index (κ3) is 4.03. The van der Waals surface area contributed by atoms with E-state index in [1.54, 1.807) is 6.92 Å². The van der Waals surface area contributed by atoms with Gasteiger partial charge in [0.25, 0.3) is 0 Å². The molecule has 0 saturated heterocycles. The van der Waals surface area contributed by atoms with Crippen LogP contribution in [0.1, 0.15) is 20.3 Å². The van der Waals surface area contributed by atoms with Crippen LogP contribution in [0, 0.1) is 0 Å². The summed E-state index contributed by atoms with van der Waals surface area (Å²) in [4.78, 5) is 20.2. The maximum atomic E-state index is 10.2. The molecule has 0 saturated carbocycles. The van der Waals surface area contributed by atoms with Crippen LogP contribution in [0.2, 0.25) is 0 Å². The maximum Gasteiger partial charge on any atom is 2.00 e. The second kappa shape index (κ2) is 5.01. The Kier molecular flexibility index (Phi) is 6.74. The molecule has 45 valence electrons. The first-order valence-corrected chi connectivity index (χ1v) is 2.22. The van der Waals surface area contributed by atoms with Gasteiger partial charge in [0.05, 0.1) is 0 Å². The summed E-state index contributed by atoms with van der Waals surface area (Å²) in [5.74, 6) is -0.637. The summed E-state index contributed by atoms with van der Waals surface area (Å²) in [6, 6.07) is 0. The largest absolute Gasteiger partial charge is 2.00 e. The SMILES string of the molecule is CCC(=O)C(C)=O.[Mn+2]. The molecule has 0 amide bonds. The number of carbonyl (C=O) groups is 2. The van der Waals surface area contributed by atoms with Crippen molar-refractivity contribution in [3.05, 3.63) is 0 Å². The fourth-order valence-electron chi connectivity index (χ4n) is 0.249. The zero-order valence-electron chi connectivity index (χ0n) is 4.90. The fraction of sp³-hybridized carbons (Fsp3) is 0.600. The average molecular weight is 155 g/mol. The first-order chi connectivity index (χ1) is 3.18. The van der Waals surface area contributed by atoms with E-state index >= 15 is 0 Å². The van der Waals surface area contributed by atoms with Crippen LogP contribution in [-0.2, 0) is 26.7 Å². The summed E-state index contributed by atoms with van der Waals surface area (Å²) >= 11 is 0. The van der Waals surface area contributed by atoms with Crippen molar-refractivity contribution in [2.45, 2.75) is 20.3 Å². The van der Waals surface area contributed by atoms with Crippen molar-refractivity contribution in [3.63, 3.8) is 0 Å². The molecule has 0 aromatic heterocycles. The van der Waals surface area contributed by atoms with Crippen molar-refractivity contribution in [2.75, 3.05) is 0 Å². The number of ketones is 2. The number of rotatable bonds is 2. The predicted octanol–water partition coefficient (Wildman–Crippen LogP) is 0.552. The molecule has 0 N–H and O–H groups in total. The normalized spacial score (nSPS) is 7.25. The molecule has 0 aliphatic heterocycles. The van der Waals surface area contributed by atoms with E-state index in [2.05, 4.69) is 0 Å². The Labute approximate surface area is 59.1 Å². The average Bonchev–Trinajstić information content (AvgIpc) is 1.65. The third-order valence-electron chi connectivity index (χ3n) is 0.714. The van der Waals surface area contributed by atoms with Crippen molar-refractivity contribution in [3.8, 4) is 0 Å². The van der Waals surface area contributed by atoms with E-state index in [4.69, 9.17) is 0 Å². The summed E-state index contributed by atoms with van der Waals surface area (Å²) in [7, 11) is 0. The van der Waals surface area contributed by atoms with Gasteiger partial charge in [0.15, 0.2) is 11.6 Å². The molecule has 8 heavy (non-hydrogen) atoms. The number of hydrogen-bond acceptors (Lipinski definition) is 2. The molecule has 0 rings (SSSR count). The quantitative estimate of drug-likeness (QED) is 0.431. The summed E-state index contributed by atoms with van der Waals surface area (Å²) in [6.07, 6.45) is 0.329. The van der Waals surface area contributed by atoms with Crippen LogP contribution in [0.4, 0.5) is 0 Å². The van der Waals surface area contributed by atoms with Crippen molar-refractivity contribution in [1.82, 2.24) is 0 Å². The van der Waals surface area contributed by atoms with E-state index in [1.807, 2.05) is 0 Å². The van der Waals surface area contributed by atoms with Gasteiger partial charge in [-0.25, -0.2) is 0 Å². The van der Waals surface area contributed by atoms with Crippen molar-refractivity contribution in [1.29, 1.82) is 0 Å². The first-order valence-electron chi connectivity index (χ1n) is 2.22. The summed E-state index contributed by atoms with van der Waals surface area (Å²) in [6.45, 7) is 2.95. The Balaban J connectivity index is 0. The zero-order chi connectivity index (χ0) is 5.86. The zero-order valence-corrected chi connectivity index (χ0v) is 6.08. The molecule has 1 radical (unpaired) electrons. The smallest absolute Gasteiger partial charge is 0.291 e. The molecule has 0 spiro atoms. The third-order valence-corrected chi connectivity index (χ3v) is 0.714. The van der Waals surface area contributed by atoms with Gasteiger partial charge in [-0.2, -0.15) is 0 Å². The predicted molar refractivity (Wildman–Crippen MR) is 26.0 cm³/mol. The van der Waals surface area contributed by atoms with Gasteiger partial charge in [-0.1, -0.05) is 6.92 Å². The number of Topliss-reactive ketones (excluding diaryl/α,β-unsaturated/α-hetero) is 2. The Morgan fingerprint density at radius 3 is 1.75 bits per heavy atom. The monoisotopic (exact) mass is 155 g/mol. The topological polar surface area (TPSA) is 34.1 Å². The van der Waals surface area contributed by atoms with Crippen molar-refractivity contribution >= 4 is 11.6 Å². The minimum atomic E-state index is -0.345. The Morgan fingerprint density at radius 1 is 1.38 bits per heavy atom. The van der Waals surface area contributed by atoms with Gasteiger partial charge >= 0.3 is 17.1 Å². The Morgan fingerprint density at radius 2 is 1.75 bits per heavy atom. The van der Waals surface area contributed by atoms with E-state index in [9.17, 15) is 9.59 Å². The molecule has 0 unspecified atom stereocenters. The van der Waals surface area contributed by atoms with Gasteiger partial charge in [0.2, 0.25) is 0 Å². The van der Waals surface area contributed by atoms with Gasteiger partial charge in [0.1, 0.15) is 0 Å². The minimum absolute atomic E-state index is 0. The molecule has 0 heterocycles. The summed E-state index contributed by atoms with van der Waals surface area (Å²) < 4.78 is 0. The van der Waals surface area contributed by atoms with Gasteiger partial charge in [-0.05, 0) is 0 Å². The van der Waals surface area contributed by atoms with Crippen LogP contribution < -0.4 is 0 Å². The van der Waals surface area contributed by atoms with E-state index in [-0.39, 0.29) is 28.6 Å². The summed E-state index contributed by atoms with van der Waals surface area (Å²) in [5.41, 5.74) is 0. The number of carbonyl (C=O) groups excluding carboxylic acids is 2. The van der Waals surface area contributed by atoms with Gasteiger partial charge in [0, 0.05) is 13.3 Å². The van der Waals surface area contributed by atoms with Crippen molar-refractivity contribution < 1.29 is 26.7 Å². The second-order valence-corrected chi connectivity index (χ2v) is 1.33. The number of hydrogen-bond donors (Lipinski definition) is 0. The fourth-order valence-corrected chi connectivity index (χ4v) is 0.249. The molecule has 0 aromatic rings. The van der Waals surface area contributed by atoms with Gasteiger partial charge in [-0.3, -0.25) is 9.59 Å². The minimum Gasteiger partial charge on any atom is -0.291 e. The van der Waals surface area contributed by atoms with E-state index in [1.165, 1.54) is 6.92 Å². The second-order valence-electron chi connectivity index (χ2n) is 1.33.